The molecule has 0 bridgehead atoms. The van der Waals surface area contributed by atoms with Crippen LogP contribution in [0.25, 0.3) is 0 Å². The first-order valence-corrected chi connectivity index (χ1v) is 5.56. The molecule has 0 atom stereocenters. The monoisotopic (exact) mass is 238 g/mol. The van der Waals surface area contributed by atoms with E-state index in [4.69, 9.17) is 0 Å². The van der Waals surface area contributed by atoms with Crippen molar-refractivity contribution in [3.63, 3.8) is 0 Å². The van der Waals surface area contributed by atoms with Crippen molar-refractivity contribution >= 4 is 23.0 Å². The van der Waals surface area contributed by atoms with Gasteiger partial charge in [-0.3, -0.25) is 9.79 Å². The lowest BCUT2D eigenvalue weighted by Crippen LogP contribution is -2.15. The highest BCUT2D eigenvalue weighted by Crippen LogP contribution is 2.28. The van der Waals surface area contributed by atoms with Crippen LogP contribution in [0.2, 0.25) is 0 Å². The van der Waals surface area contributed by atoms with Crippen LogP contribution < -0.4 is 5.32 Å². The molecule has 0 spiro atoms. The fourth-order valence-electron chi connectivity index (χ4n) is 1.84. The Morgan fingerprint density at radius 1 is 1.11 bits per heavy atom. The lowest BCUT2D eigenvalue weighted by Gasteiger charge is -2.02. The second kappa shape index (κ2) is 4.37. The highest BCUT2D eigenvalue weighted by molar-refractivity contribution is 6.16. The first kappa shape index (κ1) is 10.6. The summed E-state index contributed by atoms with van der Waals surface area (Å²) < 4.78 is 0. The molecule has 18 heavy (non-hydrogen) atoms. The van der Waals surface area contributed by atoms with Crippen LogP contribution in [-0.4, -0.2) is 21.8 Å². The average molecular weight is 238 g/mol. The minimum absolute atomic E-state index is 0.0736. The molecule has 2 heterocycles. The molecule has 5 heteroatoms. The Morgan fingerprint density at radius 3 is 2.83 bits per heavy atom. The van der Waals surface area contributed by atoms with Crippen LogP contribution in [-0.2, 0) is 4.79 Å². The van der Waals surface area contributed by atoms with E-state index in [-0.39, 0.29) is 12.3 Å². The second-order valence-corrected chi connectivity index (χ2v) is 3.93. The standard InChI is InChI=1S/C13H10N4O/c18-13-7-12(9-5-6-14-15-8-9)16-10-3-1-2-4-11(10)17-13/h1-6,8H,7H2,(H,17,18). The van der Waals surface area contributed by atoms with Crippen LogP contribution in [0, 0.1) is 0 Å². The maximum Gasteiger partial charge on any atom is 0.230 e. The van der Waals surface area contributed by atoms with Crippen molar-refractivity contribution in [3.05, 3.63) is 48.3 Å². The highest BCUT2D eigenvalue weighted by Gasteiger charge is 2.16. The number of carbonyl (C=O) groups excluding carboxylic acids is 1. The molecule has 0 radical (unpaired) electrons. The van der Waals surface area contributed by atoms with Gasteiger partial charge in [-0.15, -0.1) is 0 Å². The van der Waals surface area contributed by atoms with Gasteiger partial charge in [0.05, 0.1) is 35.9 Å². The Balaban J connectivity index is 2.11. The maximum atomic E-state index is 11.8. The number of hydrogen-bond donors (Lipinski definition) is 1. The van der Waals surface area contributed by atoms with Crippen LogP contribution in [0.15, 0.2) is 47.7 Å². The molecule has 3 rings (SSSR count). The molecular weight excluding hydrogens is 228 g/mol. The van der Waals surface area contributed by atoms with E-state index in [1.165, 1.54) is 0 Å². The van der Waals surface area contributed by atoms with E-state index < -0.39 is 0 Å². The van der Waals surface area contributed by atoms with Crippen LogP contribution in [0.4, 0.5) is 11.4 Å². The number of aliphatic imine (C=N–C) groups is 1. The number of hydrogen-bond acceptors (Lipinski definition) is 4. The summed E-state index contributed by atoms with van der Waals surface area (Å²) in [6.45, 7) is 0. The van der Waals surface area contributed by atoms with Gasteiger partial charge in [0, 0.05) is 5.56 Å². The molecule has 0 unspecified atom stereocenters. The highest BCUT2D eigenvalue weighted by atomic mass is 16.1. The molecule has 0 fully saturated rings. The number of carbonyl (C=O) groups is 1. The predicted molar refractivity (Wildman–Crippen MR) is 67.9 cm³/mol. The summed E-state index contributed by atoms with van der Waals surface area (Å²) in [5, 5.41) is 10.4. The molecule has 0 saturated carbocycles. The zero-order chi connectivity index (χ0) is 12.4. The van der Waals surface area contributed by atoms with Crippen LogP contribution >= 0.6 is 0 Å². The van der Waals surface area contributed by atoms with E-state index in [0.717, 1.165) is 16.9 Å². The quantitative estimate of drug-likeness (QED) is 0.825. The van der Waals surface area contributed by atoms with Gasteiger partial charge < -0.3 is 5.32 Å². The number of nitrogens with one attached hydrogen (secondary N) is 1. The third-order valence-electron chi connectivity index (χ3n) is 2.68. The molecule has 5 nitrogen and oxygen atoms in total. The van der Waals surface area contributed by atoms with Crippen molar-refractivity contribution in [2.75, 3.05) is 5.32 Å². The van der Waals surface area contributed by atoms with E-state index in [2.05, 4.69) is 20.5 Å². The van der Waals surface area contributed by atoms with Crippen molar-refractivity contribution in [2.45, 2.75) is 6.42 Å². The van der Waals surface area contributed by atoms with Gasteiger partial charge in [0.2, 0.25) is 5.91 Å². The lowest BCUT2D eigenvalue weighted by molar-refractivity contribution is -0.115. The van der Waals surface area contributed by atoms with Gasteiger partial charge in [-0.1, -0.05) is 12.1 Å². The summed E-state index contributed by atoms with van der Waals surface area (Å²) in [6, 6.07) is 9.27. The molecule has 0 saturated heterocycles. The summed E-state index contributed by atoms with van der Waals surface area (Å²) in [4.78, 5) is 16.3. The Morgan fingerprint density at radius 2 is 2.00 bits per heavy atom. The van der Waals surface area contributed by atoms with Crippen LogP contribution in [0.1, 0.15) is 12.0 Å². The van der Waals surface area contributed by atoms with Crippen molar-refractivity contribution in [1.29, 1.82) is 0 Å². The predicted octanol–water partition coefficient (Wildman–Crippen LogP) is 1.94. The summed E-state index contributed by atoms with van der Waals surface area (Å²) in [5.74, 6) is -0.0736. The van der Waals surface area contributed by atoms with Gasteiger partial charge in [-0.25, -0.2) is 0 Å². The van der Waals surface area contributed by atoms with E-state index >= 15 is 0 Å². The van der Waals surface area contributed by atoms with Crippen molar-refractivity contribution < 1.29 is 4.79 Å². The maximum absolute atomic E-state index is 11.8. The fourth-order valence-corrected chi connectivity index (χ4v) is 1.84. The fraction of sp³-hybridized carbons (Fsp3) is 0.0769. The minimum atomic E-state index is -0.0736. The molecule has 1 aliphatic rings. The second-order valence-electron chi connectivity index (χ2n) is 3.93. The molecule has 0 aliphatic carbocycles. The molecular formula is C13H10N4O. The van der Waals surface area contributed by atoms with Crippen molar-refractivity contribution in [1.82, 2.24) is 10.2 Å². The SMILES string of the molecule is O=C1CC(c2ccnnc2)=Nc2ccccc2N1. The number of para-hydroxylation sites is 2. The molecule has 1 aliphatic heterocycles. The van der Waals surface area contributed by atoms with E-state index in [9.17, 15) is 4.79 Å². The lowest BCUT2D eigenvalue weighted by atomic mass is 10.1. The van der Waals surface area contributed by atoms with Crippen molar-refractivity contribution in [2.24, 2.45) is 4.99 Å². The Labute approximate surface area is 104 Å². The van der Waals surface area contributed by atoms with E-state index in [0.29, 0.717) is 5.71 Å². The number of aromatic nitrogens is 2. The topological polar surface area (TPSA) is 67.2 Å². The number of rotatable bonds is 1. The van der Waals surface area contributed by atoms with Gasteiger partial charge >= 0.3 is 0 Å². The number of fused-ring (bicyclic) bond motifs is 1. The first-order chi connectivity index (χ1) is 8.83. The zero-order valence-corrected chi connectivity index (χ0v) is 9.50. The molecule has 1 aromatic heterocycles. The molecule has 1 aromatic carbocycles. The van der Waals surface area contributed by atoms with Crippen LogP contribution in [0.3, 0.4) is 0 Å². The molecule has 2 aromatic rings. The third kappa shape index (κ3) is 1.98. The van der Waals surface area contributed by atoms with Gasteiger partial charge in [0.1, 0.15) is 0 Å². The Kier molecular flexibility index (Phi) is 2.57. The van der Waals surface area contributed by atoms with Crippen LogP contribution in [0.5, 0.6) is 0 Å². The number of benzene rings is 1. The third-order valence-corrected chi connectivity index (χ3v) is 2.68. The number of amides is 1. The smallest absolute Gasteiger partial charge is 0.230 e. The molecule has 1 N–H and O–H groups in total. The van der Waals surface area contributed by atoms with Gasteiger partial charge in [0.25, 0.3) is 0 Å². The zero-order valence-electron chi connectivity index (χ0n) is 9.50. The number of nitrogens with zero attached hydrogens (tertiary/aromatic N) is 3. The van der Waals surface area contributed by atoms with E-state index in [1.54, 1.807) is 18.5 Å². The Hall–Kier alpha value is -2.56. The summed E-state index contributed by atoms with van der Waals surface area (Å²) >= 11 is 0. The normalized spacial score (nSPS) is 14.2. The summed E-state index contributed by atoms with van der Waals surface area (Å²) in [6.07, 6.45) is 3.44. The van der Waals surface area contributed by atoms with Crippen molar-refractivity contribution in [3.8, 4) is 0 Å². The first-order valence-electron chi connectivity index (χ1n) is 5.56. The number of anilines is 1. The minimum Gasteiger partial charge on any atom is -0.324 e. The molecule has 88 valence electrons. The average Bonchev–Trinajstić information content (AvgIpc) is 2.57. The summed E-state index contributed by atoms with van der Waals surface area (Å²) in [7, 11) is 0. The largest absolute Gasteiger partial charge is 0.324 e. The van der Waals surface area contributed by atoms with Gasteiger partial charge in [0.15, 0.2) is 0 Å². The van der Waals surface area contributed by atoms with Gasteiger partial charge in [-0.05, 0) is 18.2 Å². The molecule has 1 amide bonds. The summed E-state index contributed by atoms with van der Waals surface area (Å²) in [5.41, 5.74) is 3.01. The van der Waals surface area contributed by atoms with E-state index in [1.807, 2.05) is 24.3 Å². The van der Waals surface area contributed by atoms with Gasteiger partial charge in [-0.2, -0.15) is 10.2 Å². The Bertz CT molecular complexity index is 622.